The van der Waals surface area contributed by atoms with Crippen molar-refractivity contribution in [2.45, 2.75) is 0 Å². The van der Waals surface area contributed by atoms with Crippen LogP contribution >= 0.6 is 0 Å². The van der Waals surface area contributed by atoms with Crippen LogP contribution in [0.4, 0.5) is 5.69 Å². The van der Waals surface area contributed by atoms with Gasteiger partial charge in [0.1, 0.15) is 0 Å². The molecule has 1 radical (unpaired) electrons. The van der Waals surface area contributed by atoms with E-state index >= 15 is 0 Å². The first-order valence-corrected chi connectivity index (χ1v) is 3.96. The zero-order valence-corrected chi connectivity index (χ0v) is 7.12. The third-order valence-electron chi connectivity index (χ3n) is 1.78. The summed E-state index contributed by atoms with van der Waals surface area (Å²) < 4.78 is 0. The van der Waals surface area contributed by atoms with E-state index in [4.69, 9.17) is 0 Å². The van der Waals surface area contributed by atoms with Crippen LogP contribution in [0.3, 0.4) is 0 Å². The first-order chi connectivity index (χ1) is 6.77. The van der Waals surface area contributed by atoms with Gasteiger partial charge in [-0.05, 0) is 0 Å². The molecule has 5 nitrogen and oxygen atoms in total. The molecule has 0 saturated heterocycles. The van der Waals surface area contributed by atoms with Crippen LogP contribution in [-0.4, -0.2) is 10.8 Å². The molecule has 0 atom stereocenters. The van der Waals surface area contributed by atoms with E-state index in [1.807, 2.05) is 0 Å². The monoisotopic (exact) mass is 188 g/mol. The number of benzene rings is 1. The SMILES string of the molecule is O=[N+]([O-])c1cccc(C2=NC=C[N]2)c1. The summed E-state index contributed by atoms with van der Waals surface area (Å²) in [6.07, 6.45) is 3.10. The highest BCUT2D eigenvalue weighted by atomic mass is 16.6. The number of non-ortho nitro benzene ring substituents is 1. The molecule has 2 rings (SSSR count). The van der Waals surface area contributed by atoms with E-state index in [0.29, 0.717) is 11.4 Å². The van der Waals surface area contributed by atoms with Crippen LogP contribution in [0.25, 0.3) is 0 Å². The minimum atomic E-state index is -0.438. The quantitative estimate of drug-likeness (QED) is 0.520. The summed E-state index contributed by atoms with van der Waals surface area (Å²) in [6.45, 7) is 0. The molecule has 0 amide bonds. The maximum atomic E-state index is 10.5. The molecule has 0 unspecified atom stereocenters. The zero-order chi connectivity index (χ0) is 9.97. The van der Waals surface area contributed by atoms with Gasteiger partial charge < -0.3 is 0 Å². The van der Waals surface area contributed by atoms with E-state index in [1.165, 1.54) is 12.1 Å². The van der Waals surface area contributed by atoms with Gasteiger partial charge in [-0.1, -0.05) is 12.1 Å². The predicted octanol–water partition coefficient (Wildman–Crippen LogP) is 1.43. The second-order valence-corrected chi connectivity index (χ2v) is 2.69. The molecule has 0 spiro atoms. The molecule has 1 aromatic rings. The van der Waals surface area contributed by atoms with Crippen molar-refractivity contribution in [1.29, 1.82) is 0 Å². The van der Waals surface area contributed by atoms with E-state index in [2.05, 4.69) is 10.3 Å². The van der Waals surface area contributed by atoms with Crippen LogP contribution < -0.4 is 5.32 Å². The fourth-order valence-electron chi connectivity index (χ4n) is 1.15. The molecule has 1 aromatic carbocycles. The van der Waals surface area contributed by atoms with Crippen molar-refractivity contribution in [3.63, 3.8) is 0 Å². The van der Waals surface area contributed by atoms with Gasteiger partial charge in [0.15, 0.2) is 5.84 Å². The summed E-state index contributed by atoms with van der Waals surface area (Å²) in [6, 6.07) is 6.24. The van der Waals surface area contributed by atoms with E-state index < -0.39 is 4.92 Å². The molecule has 0 saturated carbocycles. The normalized spacial score (nSPS) is 13.6. The van der Waals surface area contributed by atoms with Crippen molar-refractivity contribution in [2.75, 3.05) is 0 Å². The smallest absolute Gasteiger partial charge is 0.258 e. The molecule has 1 aliphatic heterocycles. The first kappa shape index (κ1) is 8.43. The fraction of sp³-hybridized carbons (Fsp3) is 0. The van der Waals surface area contributed by atoms with Gasteiger partial charge >= 0.3 is 0 Å². The van der Waals surface area contributed by atoms with Gasteiger partial charge in [0, 0.05) is 30.1 Å². The fourth-order valence-corrected chi connectivity index (χ4v) is 1.15. The average Bonchev–Trinajstić information content (AvgIpc) is 2.71. The van der Waals surface area contributed by atoms with Crippen molar-refractivity contribution in [2.24, 2.45) is 4.99 Å². The standard InChI is InChI=1S/C9H6N3O2/c13-12(14)8-3-1-2-7(6-8)9-10-4-5-11-9/h1-6H. The summed E-state index contributed by atoms with van der Waals surface area (Å²) in [5.41, 5.74) is 0.705. The minimum absolute atomic E-state index is 0.0484. The van der Waals surface area contributed by atoms with Gasteiger partial charge in [-0.25, -0.2) is 10.3 Å². The minimum Gasteiger partial charge on any atom is -0.258 e. The Bertz CT molecular complexity index is 437. The Morgan fingerprint density at radius 2 is 2.14 bits per heavy atom. The third kappa shape index (κ3) is 1.47. The lowest BCUT2D eigenvalue weighted by Crippen LogP contribution is -2.07. The Hall–Kier alpha value is -2.17. The van der Waals surface area contributed by atoms with E-state index in [-0.39, 0.29) is 5.69 Å². The Labute approximate surface area is 79.9 Å². The number of nitro groups is 1. The third-order valence-corrected chi connectivity index (χ3v) is 1.78. The highest BCUT2D eigenvalue weighted by molar-refractivity contribution is 6.01. The largest absolute Gasteiger partial charge is 0.270 e. The lowest BCUT2D eigenvalue weighted by atomic mass is 10.2. The van der Waals surface area contributed by atoms with Gasteiger partial charge in [0.05, 0.1) is 4.92 Å². The summed E-state index contributed by atoms with van der Waals surface area (Å²) in [5, 5.41) is 14.4. The van der Waals surface area contributed by atoms with Gasteiger partial charge in [-0.2, -0.15) is 0 Å². The molecule has 0 N–H and O–H groups in total. The predicted molar refractivity (Wildman–Crippen MR) is 50.9 cm³/mol. The topological polar surface area (TPSA) is 69.6 Å². The first-order valence-electron chi connectivity index (χ1n) is 3.96. The van der Waals surface area contributed by atoms with Crippen molar-refractivity contribution in [3.05, 3.63) is 52.3 Å². The van der Waals surface area contributed by atoms with E-state index in [1.54, 1.807) is 24.5 Å². The molecule has 5 heteroatoms. The summed E-state index contributed by atoms with van der Waals surface area (Å²) in [5.74, 6) is 0.508. The maximum absolute atomic E-state index is 10.5. The molecule has 1 heterocycles. The van der Waals surface area contributed by atoms with Crippen molar-refractivity contribution >= 4 is 11.5 Å². The van der Waals surface area contributed by atoms with Crippen LogP contribution in [-0.2, 0) is 0 Å². The molecule has 69 valence electrons. The Morgan fingerprint density at radius 3 is 2.79 bits per heavy atom. The number of hydrogen-bond donors (Lipinski definition) is 0. The summed E-state index contributed by atoms with van der Waals surface area (Å²) in [7, 11) is 0. The number of hydrogen-bond acceptors (Lipinski definition) is 3. The lowest BCUT2D eigenvalue weighted by molar-refractivity contribution is -0.384. The second-order valence-electron chi connectivity index (χ2n) is 2.69. The molecule has 1 aliphatic rings. The highest BCUT2D eigenvalue weighted by Gasteiger charge is 2.11. The molecular weight excluding hydrogens is 182 g/mol. The number of rotatable bonds is 2. The average molecular weight is 188 g/mol. The molecule has 14 heavy (non-hydrogen) atoms. The Balaban J connectivity index is 2.35. The lowest BCUT2D eigenvalue weighted by Gasteiger charge is -1.98. The van der Waals surface area contributed by atoms with Gasteiger partial charge in [-0.3, -0.25) is 10.1 Å². The second kappa shape index (κ2) is 3.29. The highest BCUT2D eigenvalue weighted by Crippen LogP contribution is 2.14. The van der Waals surface area contributed by atoms with Crippen LogP contribution in [0.1, 0.15) is 5.56 Å². The van der Waals surface area contributed by atoms with E-state index in [0.717, 1.165) is 0 Å². The molecule has 0 fully saturated rings. The Morgan fingerprint density at radius 1 is 1.29 bits per heavy atom. The van der Waals surface area contributed by atoms with Gasteiger partial charge in [-0.15, -0.1) is 0 Å². The van der Waals surface area contributed by atoms with Crippen LogP contribution in [0.5, 0.6) is 0 Å². The molecule has 0 aromatic heterocycles. The Kier molecular flexibility index (Phi) is 1.98. The van der Waals surface area contributed by atoms with Gasteiger partial charge in [0.2, 0.25) is 0 Å². The van der Waals surface area contributed by atoms with Crippen LogP contribution in [0.2, 0.25) is 0 Å². The zero-order valence-electron chi connectivity index (χ0n) is 7.12. The van der Waals surface area contributed by atoms with Crippen molar-refractivity contribution < 1.29 is 4.92 Å². The molecule has 0 bridgehead atoms. The number of nitrogens with zero attached hydrogens (tertiary/aromatic N) is 3. The number of amidine groups is 1. The summed E-state index contributed by atoms with van der Waals surface area (Å²) in [4.78, 5) is 14.0. The molecule has 0 aliphatic carbocycles. The van der Waals surface area contributed by atoms with Crippen molar-refractivity contribution in [1.82, 2.24) is 5.32 Å². The van der Waals surface area contributed by atoms with Crippen LogP contribution in [0.15, 0.2) is 41.7 Å². The van der Waals surface area contributed by atoms with Crippen LogP contribution in [0, 0.1) is 10.1 Å². The van der Waals surface area contributed by atoms with Gasteiger partial charge in [0.25, 0.3) is 5.69 Å². The number of nitro benzene ring substituents is 1. The summed E-state index contributed by atoms with van der Waals surface area (Å²) >= 11 is 0. The maximum Gasteiger partial charge on any atom is 0.270 e. The van der Waals surface area contributed by atoms with E-state index in [9.17, 15) is 10.1 Å². The number of aliphatic imine (C=N–C) groups is 1. The molecular formula is C9H6N3O2. The van der Waals surface area contributed by atoms with Crippen molar-refractivity contribution in [3.8, 4) is 0 Å².